The van der Waals surface area contributed by atoms with Gasteiger partial charge in [-0.15, -0.1) is 0 Å². The van der Waals surface area contributed by atoms with E-state index in [-0.39, 0.29) is 12.2 Å². The first-order chi connectivity index (χ1) is 10.5. The summed E-state index contributed by atoms with van der Waals surface area (Å²) >= 11 is 7.19. The van der Waals surface area contributed by atoms with Crippen molar-refractivity contribution < 1.29 is 9.47 Å². The third-order valence-corrected chi connectivity index (χ3v) is 4.81. The Kier molecular flexibility index (Phi) is 9.49. The maximum Gasteiger partial charge on any atom is 0.135 e. The Hall–Kier alpha value is -0.220. The zero-order valence-electron chi connectivity index (χ0n) is 14.1. The standard InChI is InChI=1S/C18H28Br2O2/c1-5-7-9-13(3)21-17-11-16(20)18(12-15(17)19)22-14(4)10-8-6-2/h11-14H,5-10H2,1-4H3. The Labute approximate surface area is 152 Å². The number of halogens is 2. The van der Waals surface area contributed by atoms with E-state index >= 15 is 0 Å². The topological polar surface area (TPSA) is 18.5 Å². The molecule has 0 saturated carbocycles. The maximum atomic E-state index is 6.02. The van der Waals surface area contributed by atoms with Crippen molar-refractivity contribution in [2.45, 2.75) is 78.4 Å². The molecule has 0 aliphatic carbocycles. The Morgan fingerprint density at radius 2 is 1.18 bits per heavy atom. The molecule has 4 heteroatoms. The Morgan fingerprint density at radius 3 is 1.50 bits per heavy atom. The minimum atomic E-state index is 0.221. The fraction of sp³-hybridized carbons (Fsp3) is 0.667. The van der Waals surface area contributed by atoms with Gasteiger partial charge in [0.05, 0.1) is 21.2 Å². The second-order valence-electron chi connectivity index (χ2n) is 5.85. The minimum Gasteiger partial charge on any atom is -0.489 e. The molecule has 0 aliphatic heterocycles. The molecule has 2 nitrogen and oxygen atoms in total. The number of hydrogen-bond acceptors (Lipinski definition) is 2. The van der Waals surface area contributed by atoms with Crippen molar-refractivity contribution in [2.24, 2.45) is 0 Å². The third-order valence-electron chi connectivity index (χ3n) is 3.57. The molecule has 0 N–H and O–H groups in total. The van der Waals surface area contributed by atoms with Crippen molar-refractivity contribution in [3.05, 3.63) is 21.1 Å². The quantitative estimate of drug-likeness (QED) is 0.389. The zero-order chi connectivity index (χ0) is 16.5. The van der Waals surface area contributed by atoms with Gasteiger partial charge in [0.1, 0.15) is 11.5 Å². The summed E-state index contributed by atoms with van der Waals surface area (Å²) in [6.07, 6.45) is 7.37. The lowest BCUT2D eigenvalue weighted by molar-refractivity contribution is 0.199. The predicted octanol–water partition coefficient (Wildman–Crippen LogP) is 7.13. The number of hydrogen-bond donors (Lipinski definition) is 0. The molecule has 126 valence electrons. The molecule has 2 atom stereocenters. The summed E-state index contributed by atoms with van der Waals surface area (Å²) in [6.45, 7) is 8.64. The van der Waals surface area contributed by atoms with Crippen LogP contribution in [-0.4, -0.2) is 12.2 Å². The monoisotopic (exact) mass is 434 g/mol. The van der Waals surface area contributed by atoms with Gasteiger partial charge in [0.15, 0.2) is 0 Å². The molecule has 0 heterocycles. The molecule has 0 bridgehead atoms. The fourth-order valence-electron chi connectivity index (χ4n) is 2.23. The smallest absolute Gasteiger partial charge is 0.135 e. The molecule has 1 aromatic rings. The Morgan fingerprint density at radius 1 is 0.818 bits per heavy atom. The lowest BCUT2D eigenvalue weighted by atomic mass is 10.2. The van der Waals surface area contributed by atoms with E-state index in [0.29, 0.717) is 0 Å². The summed E-state index contributed by atoms with van der Waals surface area (Å²) in [7, 11) is 0. The summed E-state index contributed by atoms with van der Waals surface area (Å²) in [6, 6.07) is 3.99. The summed E-state index contributed by atoms with van der Waals surface area (Å²) in [4.78, 5) is 0. The van der Waals surface area contributed by atoms with E-state index in [1.807, 2.05) is 12.1 Å². The molecule has 0 amide bonds. The molecule has 0 radical (unpaired) electrons. The van der Waals surface area contributed by atoms with Crippen LogP contribution < -0.4 is 9.47 Å². The molecule has 0 fully saturated rings. The molecule has 0 aliphatic rings. The second-order valence-corrected chi connectivity index (χ2v) is 7.56. The van der Waals surface area contributed by atoms with Crippen LogP contribution in [0.25, 0.3) is 0 Å². The number of rotatable bonds is 10. The molecule has 22 heavy (non-hydrogen) atoms. The minimum absolute atomic E-state index is 0.221. The van der Waals surface area contributed by atoms with Gasteiger partial charge in [0.2, 0.25) is 0 Å². The fourth-order valence-corrected chi connectivity index (χ4v) is 3.06. The van der Waals surface area contributed by atoms with Gasteiger partial charge in [-0.25, -0.2) is 0 Å². The van der Waals surface area contributed by atoms with Gasteiger partial charge in [-0.05, 0) is 70.7 Å². The van der Waals surface area contributed by atoms with Crippen LogP contribution in [0.1, 0.15) is 66.2 Å². The molecule has 0 spiro atoms. The maximum absolute atomic E-state index is 6.02. The average Bonchev–Trinajstić information content (AvgIpc) is 2.48. The van der Waals surface area contributed by atoms with Crippen LogP contribution >= 0.6 is 31.9 Å². The van der Waals surface area contributed by atoms with E-state index in [1.54, 1.807) is 0 Å². The molecule has 1 aromatic carbocycles. The van der Waals surface area contributed by atoms with Crippen molar-refractivity contribution in [1.82, 2.24) is 0 Å². The molecule has 0 saturated heterocycles. The predicted molar refractivity (Wildman–Crippen MR) is 101 cm³/mol. The van der Waals surface area contributed by atoms with E-state index in [9.17, 15) is 0 Å². The number of ether oxygens (including phenoxy) is 2. The van der Waals surface area contributed by atoms with Crippen molar-refractivity contribution in [1.29, 1.82) is 0 Å². The molecular weight excluding hydrogens is 408 g/mol. The molecule has 0 aromatic heterocycles. The highest BCUT2D eigenvalue weighted by atomic mass is 79.9. The van der Waals surface area contributed by atoms with Gasteiger partial charge >= 0.3 is 0 Å². The van der Waals surface area contributed by atoms with Crippen LogP contribution in [0.2, 0.25) is 0 Å². The number of benzene rings is 1. The van der Waals surface area contributed by atoms with E-state index in [4.69, 9.17) is 9.47 Å². The largest absolute Gasteiger partial charge is 0.489 e. The summed E-state index contributed by atoms with van der Waals surface area (Å²) in [5.74, 6) is 1.73. The van der Waals surface area contributed by atoms with Crippen molar-refractivity contribution >= 4 is 31.9 Å². The highest BCUT2D eigenvalue weighted by Crippen LogP contribution is 2.37. The Balaban J connectivity index is 2.70. The van der Waals surface area contributed by atoms with E-state index in [2.05, 4.69) is 59.6 Å². The van der Waals surface area contributed by atoms with Crippen LogP contribution in [0.15, 0.2) is 21.1 Å². The van der Waals surface area contributed by atoms with E-state index in [1.165, 1.54) is 25.7 Å². The average molecular weight is 436 g/mol. The van der Waals surface area contributed by atoms with Crippen LogP contribution in [0.5, 0.6) is 11.5 Å². The highest BCUT2D eigenvalue weighted by molar-refractivity contribution is 9.11. The summed E-state index contributed by atoms with van der Waals surface area (Å²) in [5.41, 5.74) is 0. The first-order valence-electron chi connectivity index (χ1n) is 8.30. The normalized spacial score (nSPS) is 13.7. The zero-order valence-corrected chi connectivity index (χ0v) is 17.3. The van der Waals surface area contributed by atoms with Crippen LogP contribution in [-0.2, 0) is 0 Å². The third kappa shape index (κ3) is 6.91. The Bertz CT molecular complexity index is 407. The lowest BCUT2D eigenvalue weighted by Crippen LogP contribution is -2.13. The highest BCUT2D eigenvalue weighted by Gasteiger charge is 2.13. The van der Waals surface area contributed by atoms with Crippen LogP contribution in [0.4, 0.5) is 0 Å². The first-order valence-corrected chi connectivity index (χ1v) is 9.88. The lowest BCUT2D eigenvalue weighted by Gasteiger charge is -2.19. The van der Waals surface area contributed by atoms with Crippen molar-refractivity contribution in [2.75, 3.05) is 0 Å². The van der Waals surface area contributed by atoms with Crippen molar-refractivity contribution in [3.8, 4) is 11.5 Å². The van der Waals surface area contributed by atoms with Gasteiger partial charge < -0.3 is 9.47 Å². The molecule has 1 rings (SSSR count). The summed E-state index contributed by atoms with van der Waals surface area (Å²) < 4.78 is 13.9. The van der Waals surface area contributed by atoms with Gasteiger partial charge in [-0.1, -0.05) is 39.5 Å². The molecular formula is C18H28Br2O2. The van der Waals surface area contributed by atoms with Gasteiger partial charge in [-0.3, -0.25) is 0 Å². The van der Waals surface area contributed by atoms with Crippen molar-refractivity contribution in [3.63, 3.8) is 0 Å². The SMILES string of the molecule is CCCCC(C)Oc1cc(Br)c(OC(C)CCCC)cc1Br. The summed E-state index contributed by atoms with van der Waals surface area (Å²) in [5, 5.41) is 0. The molecule has 2 unspecified atom stereocenters. The van der Waals surface area contributed by atoms with E-state index in [0.717, 1.165) is 33.3 Å². The van der Waals surface area contributed by atoms with E-state index < -0.39 is 0 Å². The van der Waals surface area contributed by atoms with Gasteiger partial charge in [-0.2, -0.15) is 0 Å². The second kappa shape index (κ2) is 10.5. The van der Waals surface area contributed by atoms with Crippen LogP contribution in [0.3, 0.4) is 0 Å². The van der Waals surface area contributed by atoms with Gasteiger partial charge in [0, 0.05) is 0 Å². The van der Waals surface area contributed by atoms with Gasteiger partial charge in [0.25, 0.3) is 0 Å². The first kappa shape index (κ1) is 19.8. The number of unbranched alkanes of at least 4 members (excludes halogenated alkanes) is 2. The van der Waals surface area contributed by atoms with Crippen LogP contribution in [0, 0.1) is 0 Å².